The number of ether oxygens (including phenoxy) is 3. The Morgan fingerprint density at radius 1 is 1.06 bits per heavy atom. The number of nitrogens with zero attached hydrogens (tertiary/aromatic N) is 3. The Labute approximate surface area is 204 Å². The zero-order chi connectivity index (χ0) is 23.9. The number of thiazole rings is 1. The van der Waals surface area contributed by atoms with Crippen LogP contribution >= 0.6 is 11.3 Å². The van der Waals surface area contributed by atoms with E-state index in [1.807, 2.05) is 41.2 Å². The molecule has 0 amide bonds. The number of rotatable bonds is 8. The molecule has 0 unspecified atom stereocenters. The molecule has 180 valence electrons. The molecule has 1 aliphatic rings. The van der Waals surface area contributed by atoms with Gasteiger partial charge in [0.05, 0.1) is 38.8 Å². The maximum Gasteiger partial charge on any atom is 0.206 e. The molecule has 8 heteroatoms. The SMILES string of the molecule is CCOc1ccc(C=Nn2c(-c3cc(OC)ccc3OC)csc2=NC2CCCCC2)c(O)c1. The number of aromatic hydroxyl groups is 1. The molecule has 0 radical (unpaired) electrons. The van der Waals surface area contributed by atoms with Gasteiger partial charge in [0, 0.05) is 22.6 Å². The first-order chi connectivity index (χ1) is 16.6. The molecule has 1 aliphatic carbocycles. The van der Waals surface area contributed by atoms with Gasteiger partial charge in [0.25, 0.3) is 0 Å². The first kappa shape index (κ1) is 23.9. The highest BCUT2D eigenvalue weighted by molar-refractivity contribution is 7.07. The van der Waals surface area contributed by atoms with Gasteiger partial charge >= 0.3 is 0 Å². The lowest BCUT2D eigenvalue weighted by Crippen LogP contribution is -2.19. The maximum atomic E-state index is 10.5. The lowest BCUT2D eigenvalue weighted by molar-refractivity contribution is 0.337. The third kappa shape index (κ3) is 5.44. The van der Waals surface area contributed by atoms with Crippen molar-refractivity contribution in [3.8, 4) is 34.3 Å². The number of phenols is 1. The molecule has 1 aromatic heterocycles. The number of benzene rings is 2. The van der Waals surface area contributed by atoms with E-state index < -0.39 is 0 Å². The Hall–Kier alpha value is -3.26. The average molecular weight is 482 g/mol. The zero-order valence-electron chi connectivity index (χ0n) is 19.9. The number of aromatic nitrogens is 1. The summed E-state index contributed by atoms with van der Waals surface area (Å²) in [7, 11) is 3.29. The second-order valence-electron chi connectivity index (χ2n) is 8.10. The summed E-state index contributed by atoms with van der Waals surface area (Å²) in [4.78, 5) is 5.86. The van der Waals surface area contributed by atoms with Crippen LogP contribution in [0.4, 0.5) is 0 Å². The molecule has 2 aromatic carbocycles. The molecule has 0 aliphatic heterocycles. The fraction of sp³-hybridized carbons (Fsp3) is 0.385. The number of hydrogen-bond donors (Lipinski definition) is 1. The Morgan fingerprint density at radius 2 is 1.85 bits per heavy atom. The van der Waals surface area contributed by atoms with Crippen LogP contribution in [0.3, 0.4) is 0 Å². The van der Waals surface area contributed by atoms with Gasteiger partial charge in [-0.3, -0.25) is 4.99 Å². The van der Waals surface area contributed by atoms with Crippen LogP contribution in [-0.4, -0.2) is 42.9 Å². The molecule has 0 spiro atoms. The van der Waals surface area contributed by atoms with Crippen LogP contribution in [-0.2, 0) is 0 Å². The zero-order valence-corrected chi connectivity index (χ0v) is 20.7. The van der Waals surface area contributed by atoms with Gasteiger partial charge in [0.2, 0.25) is 4.80 Å². The number of phenolic OH excluding ortho intramolecular Hbond substituents is 1. The van der Waals surface area contributed by atoms with E-state index in [-0.39, 0.29) is 5.75 Å². The molecule has 0 bridgehead atoms. The number of hydrogen-bond acceptors (Lipinski definition) is 7. The average Bonchev–Trinajstić information content (AvgIpc) is 3.26. The Bertz CT molecular complexity index is 1210. The van der Waals surface area contributed by atoms with Gasteiger partial charge in [-0.05, 0) is 50.1 Å². The normalized spacial score (nSPS) is 15.1. The molecular formula is C26H31N3O4S. The van der Waals surface area contributed by atoms with E-state index in [2.05, 4.69) is 0 Å². The summed E-state index contributed by atoms with van der Waals surface area (Å²) in [6.07, 6.45) is 7.53. The van der Waals surface area contributed by atoms with Crippen molar-refractivity contribution >= 4 is 17.6 Å². The Kier molecular flexibility index (Phi) is 7.90. The van der Waals surface area contributed by atoms with Crippen molar-refractivity contribution in [2.75, 3.05) is 20.8 Å². The predicted octanol–water partition coefficient (Wildman–Crippen LogP) is 5.45. The van der Waals surface area contributed by atoms with Gasteiger partial charge < -0.3 is 19.3 Å². The minimum Gasteiger partial charge on any atom is -0.507 e. The van der Waals surface area contributed by atoms with Crippen molar-refractivity contribution in [2.24, 2.45) is 10.1 Å². The summed E-state index contributed by atoms with van der Waals surface area (Å²) in [6.45, 7) is 2.45. The molecule has 4 rings (SSSR count). The van der Waals surface area contributed by atoms with Gasteiger partial charge in [-0.15, -0.1) is 11.3 Å². The summed E-state index contributed by atoms with van der Waals surface area (Å²) in [5.74, 6) is 2.18. The predicted molar refractivity (Wildman–Crippen MR) is 136 cm³/mol. The van der Waals surface area contributed by atoms with E-state index >= 15 is 0 Å². The monoisotopic (exact) mass is 481 g/mol. The van der Waals surface area contributed by atoms with E-state index in [0.717, 1.165) is 40.4 Å². The smallest absolute Gasteiger partial charge is 0.206 e. The van der Waals surface area contributed by atoms with Crippen molar-refractivity contribution in [1.29, 1.82) is 0 Å². The summed E-state index contributed by atoms with van der Waals surface area (Å²) >= 11 is 1.55. The molecule has 1 N–H and O–H groups in total. The Balaban J connectivity index is 1.80. The quantitative estimate of drug-likeness (QED) is 0.434. The van der Waals surface area contributed by atoms with Gasteiger partial charge in [-0.25, -0.2) is 4.68 Å². The molecule has 7 nitrogen and oxygen atoms in total. The van der Waals surface area contributed by atoms with Crippen molar-refractivity contribution < 1.29 is 19.3 Å². The fourth-order valence-electron chi connectivity index (χ4n) is 4.08. The molecular weight excluding hydrogens is 450 g/mol. The van der Waals surface area contributed by atoms with Crippen LogP contribution in [0.25, 0.3) is 11.3 Å². The molecule has 1 fully saturated rings. The van der Waals surface area contributed by atoms with Crippen LogP contribution in [0.15, 0.2) is 51.9 Å². The highest BCUT2D eigenvalue weighted by Crippen LogP contribution is 2.34. The fourth-order valence-corrected chi connectivity index (χ4v) is 4.97. The van der Waals surface area contributed by atoms with Crippen molar-refractivity contribution in [3.63, 3.8) is 0 Å². The first-order valence-corrected chi connectivity index (χ1v) is 12.5. The van der Waals surface area contributed by atoms with Crippen LogP contribution in [0.5, 0.6) is 23.0 Å². The molecule has 1 heterocycles. The largest absolute Gasteiger partial charge is 0.507 e. The standard InChI is InChI=1S/C26H31N3O4S/c1-4-33-21-11-10-18(24(30)15-21)16-27-29-23(22-14-20(31-2)12-13-25(22)32-3)17-34-26(29)28-19-8-6-5-7-9-19/h10-17,19,30H,4-9H2,1-3H3. The summed E-state index contributed by atoms with van der Waals surface area (Å²) in [5, 5.41) is 17.3. The van der Waals surface area contributed by atoms with Crippen LogP contribution in [0.1, 0.15) is 44.6 Å². The van der Waals surface area contributed by atoms with E-state index in [4.69, 9.17) is 24.3 Å². The molecule has 1 saturated carbocycles. The number of methoxy groups -OCH3 is 2. The van der Waals surface area contributed by atoms with E-state index in [9.17, 15) is 5.11 Å². The van der Waals surface area contributed by atoms with Gasteiger partial charge in [0.1, 0.15) is 23.0 Å². The van der Waals surface area contributed by atoms with Gasteiger partial charge in [0.15, 0.2) is 0 Å². The van der Waals surface area contributed by atoms with Crippen molar-refractivity contribution in [3.05, 3.63) is 52.1 Å². The minimum atomic E-state index is 0.108. The molecule has 34 heavy (non-hydrogen) atoms. The van der Waals surface area contributed by atoms with Gasteiger partial charge in [-0.2, -0.15) is 5.10 Å². The van der Waals surface area contributed by atoms with Crippen molar-refractivity contribution in [2.45, 2.75) is 45.1 Å². The maximum absolute atomic E-state index is 10.5. The summed E-state index contributed by atoms with van der Waals surface area (Å²) in [5.41, 5.74) is 2.29. The first-order valence-electron chi connectivity index (χ1n) is 11.6. The minimum absolute atomic E-state index is 0.108. The van der Waals surface area contributed by atoms with Crippen LogP contribution in [0, 0.1) is 0 Å². The molecule has 0 saturated heterocycles. The third-order valence-corrected chi connectivity index (χ3v) is 6.69. The van der Waals surface area contributed by atoms with E-state index in [0.29, 0.717) is 24.0 Å². The molecule has 0 atom stereocenters. The van der Waals surface area contributed by atoms with E-state index in [1.165, 1.54) is 19.3 Å². The molecule has 3 aromatic rings. The van der Waals surface area contributed by atoms with Crippen LogP contribution in [0.2, 0.25) is 0 Å². The third-order valence-electron chi connectivity index (χ3n) is 5.86. The second kappa shape index (κ2) is 11.2. The lowest BCUT2D eigenvalue weighted by Gasteiger charge is -2.17. The highest BCUT2D eigenvalue weighted by atomic mass is 32.1. The van der Waals surface area contributed by atoms with Crippen molar-refractivity contribution in [1.82, 2.24) is 4.68 Å². The topological polar surface area (TPSA) is 77.6 Å². The summed E-state index contributed by atoms with van der Waals surface area (Å²) < 4.78 is 18.4. The van der Waals surface area contributed by atoms with Gasteiger partial charge in [-0.1, -0.05) is 19.3 Å². The van der Waals surface area contributed by atoms with E-state index in [1.54, 1.807) is 43.9 Å². The summed E-state index contributed by atoms with van der Waals surface area (Å²) in [6, 6.07) is 11.2. The lowest BCUT2D eigenvalue weighted by atomic mass is 9.96. The Morgan fingerprint density at radius 3 is 2.56 bits per heavy atom. The van der Waals surface area contributed by atoms with Crippen LogP contribution < -0.4 is 19.0 Å². The highest BCUT2D eigenvalue weighted by Gasteiger charge is 2.17. The second-order valence-corrected chi connectivity index (χ2v) is 8.94.